The van der Waals surface area contributed by atoms with Gasteiger partial charge in [0.1, 0.15) is 23.7 Å². The molecule has 4 aromatic carbocycles. The molecule has 0 aliphatic carbocycles. The predicted octanol–water partition coefficient (Wildman–Crippen LogP) is 10.6. The third kappa shape index (κ3) is 24.8. The third-order valence-corrected chi connectivity index (χ3v) is 18.4. The molecule has 0 radical (unpaired) electrons. The molecule has 2 aromatic heterocycles. The molecular formula is C76H100F8LiN6O12S2-. The van der Waals surface area contributed by atoms with Crippen LogP contribution in [0.2, 0.25) is 0 Å². The summed E-state index contributed by atoms with van der Waals surface area (Å²) in [4.78, 5) is 83.9. The summed E-state index contributed by atoms with van der Waals surface area (Å²) in [6.45, 7) is 24.3. The number of benzene rings is 4. The van der Waals surface area contributed by atoms with Crippen LogP contribution in [-0.2, 0) is 58.6 Å². The smallest absolute Gasteiger partial charge is 0.870 e. The van der Waals surface area contributed by atoms with E-state index in [1.54, 1.807) is 67.0 Å². The van der Waals surface area contributed by atoms with Crippen molar-refractivity contribution < 1.29 is 103 Å². The van der Waals surface area contributed by atoms with Crippen molar-refractivity contribution in [1.82, 2.24) is 29.6 Å². The second-order valence-electron chi connectivity index (χ2n) is 27.5. The first kappa shape index (κ1) is 94.2. The summed E-state index contributed by atoms with van der Waals surface area (Å²) < 4.78 is 134. The van der Waals surface area contributed by atoms with Crippen LogP contribution in [0, 0.1) is 76.8 Å². The van der Waals surface area contributed by atoms with Gasteiger partial charge in [-0.05, 0) is 177 Å². The average molecular weight is 1510 g/mol. The number of alkyl halides is 6. The number of aliphatic carboxylic acids is 1. The SMILES string of the molecule is CCOC(=O)C[C@H](NC(=O)C(CC(C)C)n1cc(CCN2CC(COC)C2)c(C(F)(F)F)cc1=O)c1cc(-c2c(C)cccc2C)cc(C)c1F.COCC1CN(CCc2cn(C(CC(C)C)C(=O)N[C@@H](CC(=O)O)c3cc(-c4c(C)cccc4C)cc(C)c3F)c(=O)cc2C(F)(F)F)C1.S.S.[Li+].[OH-].[OH-]. The maximum atomic E-state index is 16.0. The number of hydrogen-bond acceptors (Lipinski definition) is 13. The second kappa shape index (κ2) is 41.5. The van der Waals surface area contributed by atoms with E-state index in [4.69, 9.17) is 14.2 Å². The van der Waals surface area contributed by atoms with E-state index in [-0.39, 0.29) is 129 Å². The van der Waals surface area contributed by atoms with Crippen LogP contribution in [0.15, 0.2) is 94.8 Å². The first-order valence-corrected chi connectivity index (χ1v) is 33.8. The summed E-state index contributed by atoms with van der Waals surface area (Å²) in [5, 5.41) is 15.3. The van der Waals surface area contributed by atoms with Gasteiger partial charge in [-0.15, -0.1) is 0 Å². The van der Waals surface area contributed by atoms with Crippen molar-refractivity contribution in [2.45, 2.75) is 151 Å². The van der Waals surface area contributed by atoms with Gasteiger partial charge in [-0.3, -0.25) is 28.8 Å². The van der Waals surface area contributed by atoms with Crippen LogP contribution in [0.3, 0.4) is 0 Å². The van der Waals surface area contributed by atoms with Crippen molar-refractivity contribution >= 4 is 50.7 Å². The van der Waals surface area contributed by atoms with Gasteiger partial charge in [-0.1, -0.05) is 64.1 Å². The van der Waals surface area contributed by atoms with E-state index in [0.717, 1.165) is 54.9 Å². The summed E-state index contributed by atoms with van der Waals surface area (Å²) in [6, 6.07) is 14.0. The van der Waals surface area contributed by atoms with Gasteiger partial charge in [0, 0.05) is 101 Å². The maximum Gasteiger partial charge on any atom is 1.00 e. The first-order valence-electron chi connectivity index (χ1n) is 33.8. The van der Waals surface area contributed by atoms with Gasteiger partial charge in [0.05, 0.1) is 55.9 Å². The Labute approximate surface area is 635 Å². The Kier molecular flexibility index (Phi) is 37.2. The van der Waals surface area contributed by atoms with Gasteiger partial charge >= 0.3 is 43.2 Å². The van der Waals surface area contributed by atoms with E-state index < -0.39 is 107 Å². The van der Waals surface area contributed by atoms with Gasteiger partial charge in [0.2, 0.25) is 11.8 Å². The number of ether oxygens (including phenoxy) is 3. The maximum absolute atomic E-state index is 16.0. The van der Waals surface area contributed by atoms with Crippen LogP contribution in [0.25, 0.3) is 22.3 Å². The number of nitrogens with one attached hydrogen (secondary N) is 2. The topological polar surface area (TPSA) is 251 Å². The molecule has 2 fully saturated rings. The number of pyridine rings is 2. The number of carboxylic acid groups (broad SMARTS) is 1. The minimum atomic E-state index is -4.79. The minimum absolute atomic E-state index is 0. The van der Waals surface area contributed by atoms with Crippen LogP contribution in [0.5, 0.6) is 0 Å². The van der Waals surface area contributed by atoms with E-state index in [9.17, 15) is 60.2 Å². The molecule has 6 aromatic rings. The molecule has 2 amide bonds. The molecule has 0 spiro atoms. The van der Waals surface area contributed by atoms with Crippen molar-refractivity contribution in [3.8, 4) is 22.3 Å². The monoisotopic (exact) mass is 1510 g/mol. The second-order valence-corrected chi connectivity index (χ2v) is 27.5. The molecule has 8 rings (SSSR count). The molecule has 0 saturated carbocycles. The molecule has 2 aliphatic rings. The van der Waals surface area contributed by atoms with Gasteiger partial charge in [-0.25, -0.2) is 8.78 Å². The number of aryl methyl sites for hydroxylation is 6. The summed E-state index contributed by atoms with van der Waals surface area (Å²) in [7, 11) is 3.20. The van der Waals surface area contributed by atoms with E-state index in [0.29, 0.717) is 93.1 Å². The number of methoxy groups -OCH3 is 2. The number of hydrogen-bond donors (Lipinski definition) is 3. The van der Waals surface area contributed by atoms with Gasteiger partial charge in [0.15, 0.2) is 0 Å². The van der Waals surface area contributed by atoms with E-state index in [2.05, 4.69) is 10.6 Å². The zero-order chi connectivity index (χ0) is 73.8. The largest absolute Gasteiger partial charge is 1.00 e. The third-order valence-electron chi connectivity index (χ3n) is 18.4. The van der Waals surface area contributed by atoms with E-state index in [1.165, 1.54) is 6.07 Å². The summed E-state index contributed by atoms with van der Waals surface area (Å²) in [5.41, 5.74) is 3.05. The zero-order valence-corrected chi connectivity index (χ0v) is 64.1. The minimum Gasteiger partial charge on any atom is -0.870 e. The molecule has 2 unspecified atom stereocenters. The van der Waals surface area contributed by atoms with Gasteiger partial charge in [0.25, 0.3) is 11.1 Å². The Hall–Kier alpha value is -6.84. The van der Waals surface area contributed by atoms with Crippen LogP contribution < -0.4 is 40.6 Å². The molecular weight excluding hydrogens is 1410 g/mol. The van der Waals surface area contributed by atoms with Crippen molar-refractivity contribution in [1.29, 1.82) is 0 Å². The van der Waals surface area contributed by atoms with Crippen LogP contribution in [0.4, 0.5) is 35.1 Å². The van der Waals surface area contributed by atoms with Gasteiger partial charge in [-0.2, -0.15) is 53.3 Å². The van der Waals surface area contributed by atoms with Crippen LogP contribution in [-0.4, -0.2) is 132 Å². The molecule has 4 atom stereocenters. The molecule has 576 valence electrons. The van der Waals surface area contributed by atoms with Crippen molar-refractivity contribution in [3.63, 3.8) is 0 Å². The van der Waals surface area contributed by atoms with E-state index in [1.807, 2.05) is 87.7 Å². The number of esters is 1. The van der Waals surface area contributed by atoms with Crippen molar-refractivity contribution in [3.05, 3.63) is 184 Å². The number of nitrogens with zero attached hydrogens (tertiary/aromatic N) is 4. The summed E-state index contributed by atoms with van der Waals surface area (Å²) in [5.74, 6) is -4.54. The van der Waals surface area contributed by atoms with E-state index >= 15 is 8.78 Å². The fourth-order valence-corrected chi connectivity index (χ4v) is 13.6. The molecule has 18 nitrogen and oxygen atoms in total. The Morgan fingerprint density at radius 3 is 1.21 bits per heavy atom. The average Bonchev–Trinajstić information content (AvgIpc) is 0.790. The number of carboxylic acids is 1. The zero-order valence-electron chi connectivity index (χ0n) is 62.1. The van der Waals surface area contributed by atoms with Crippen LogP contribution in [0.1, 0.15) is 151 Å². The number of amides is 2. The van der Waals surface area contributed by atoms with Crippen molar-refractivity contribution in [2.24, 2.45) is 23.7 Å². The molecule has 105 heavy (non-hydrogen) atoms. The molecule has 0 bridgehead atoms. The summed E-state index contributed by atoms with van der Waals surface area (Å²) >= 11 is 0. The quantitative estimate of drug-likeness (QED) is 0.0224. The van der Waals surface area contributed by atoms with Crippen LogP contribution >= 0.6 is 27.0 Å². The number of rotatable bonds is 29. The predicted molar refractivity (Wildman–Crippen MR) is 391 cm³/mol. The number of carbonyl (C=O) groups excluding carboxylic acids is 3. The molecule has 2 aliphatic heterocycles. The number of likely N-dealkylation sites (tertiary alicyclic amines) is 2. The summed E-state index contributed by atoms with van der Waals surface area (Å²) in [6.07, 6.45) is -8.26. The van der Waals surface area contributed by atoms with Gasteiger partial charge < -0.3 is 59.8 Å². The standard InChI is InChI=1S/C39H49F4N3O5.C37H45F4N3O5.Li.2H2O.2H2S/c1-8-51-35(48)18-32(30-16-29(15-26(6)37(30)40)36-24(4)10-9-11-25(36)5)44-38(49)33(14-23(2)3)46-21-28(31(17-34(46)47)39(41,42)43)12-13-45-19-27(20-45)22-50-7;1-21(2)12-31(44-19-26(29(15-32(44)45)37(39,40)41)10-11-43-17-25(18-43)20-49-6)36(48)42-30(16-33(46)47)28-14-27(13-24(5)35(28)38)34-22(3)8-7-9-23(34)4;;;;;/h9-11,15-17,21,23,27,32-33H,8,12-14,18-20,22H2,1-7H3,(H,44,49);7-9,13-15,19,21,25,30-31H,10-12,16-18,20H2,1-6H3,(H,42,48)(H,46,47);;4*1H2/q;;+1;;;;/p-2/t32-,33?;30-,31?;;;;;/m00...../s1. The molecule has 5 N–H and O–H groups in total. The Morgan fingerprint density at radius 2 is 0.905 bits per heavy atom. The Balaban J connectivity index is 0.000000681. The fourth-order valence-electron chi connectivity index (χ4n) is 13.6. The van der Waals surface area contributed by atoms with Crippen molar-refractivity contribution in [2.75, 3.05) is 73.3 Å². The molecule has 29 heteroatoms. The molecule has 4 heterocycles. The number of carbonyl (C=O) groups is 4. The normalized spacial score (nSPS) is 14.4. The number of aromatic nitrogens is 2. The Morgan fingerprint density at radius 1 is 0.562 bits per heavy atom. The Bertz CT molecular complexity index is 3990. The molecule has 2 saturated heterocycles. The fraction of sp³-hybridized carbons (Fsp3) is 0.500. The first-order chi connectivity index (χ1) is 47.0. The number of halogens is 8.